The van der Waals surface area contributed by atoms with Crippen molar-refractivity contribution in [2.75, 3.05) is 20.6 Å². The smallest absolute Gasteiger partial charge is 0.151 e. The van der Waals surface area contributed by atoms with Gasteiger partial charge in [-0.25, -0.2) is 8.78 Å². The summed E-state index contributed by atoms with van der Waals surface area (Å²) in [6, 6.07) is 12.0. The number of pyridine rings is 1. The van der Waals surface area contributed by atoms with Crippen LogP contribution in [0, 0.1) is 11.6 Å². The molecule has 5 nitrogen and oxygen atoms in total. The van der Waals surface area contributed by atoms with Crippen molar-refractivity contribution in [1.29, 1.82) is 0 Å². The summed E-state index contributed by atoms with van der Waals surface area (Å²) in [5.41, 5.74) is 7.26. The summed E-state index contributed by atoms with van der Waals surface area (Å²) in [5, 5.41) is 8.90. The molecule has 180 valence electrons. The lowest BCUT2D eigenvalue weighted by Crippen LogP contribution is -2.15. The summed E-state index contributed by atoms with van der Waals surface area (Å²) in [4.78, 5) is 9.85. The molecule has 0 bridgehead atoms. The van der Waals surface area contributed by atoms with E-state index in [1.807, 2.05) is 32.3 Å². The van der Waals surface area contributed by atoms with Crippen molar-refractivity contribution < 1.29 is 8.78 Å². The highest BCUT2D eigenvalue weighted by atomic mass is 127. The maximum Gasteiger partial charge on any atom is 0.151 e. The molecular weight excluding hydrogens is 571 g/mol. The lowest BCUT2D eigenvalue weighted by Gasteiger charge is -2.14. The number of aromatic amines is 2. The predicted molar refractivity (Wildman–Crippen MR) is 151 cm³/mol. The molecular formula is C28H22F2IN5. The van der Waals surface area contributed by atoms with Gasteiger partial charge in [0.25, 0.3) is 0 Å². The Hall–Kier alpha value is -3.50. The molecule has 0 saturated carbocycles. The van der Waals surface area contributed by atoms with Crippen LogP contribution in [0.2, 0.25) is 0 Å². The first-order chi connectivity index (χ1) is 17.5. The van der Waals surface area contributed by atoms with Gasteiger partial charge in [0.05, 0.1) is 23.1 Å². The lowest BCUT2D eigenvalue weighted by molar-refractivity contribution is 0.452. The van der Waals surface area contributed by atoms with E-state index in [9.17, 15) is 4.39 Å². The molecule has 0 aliphatic carbocycles. The maximum absolute atomic E-state index is 15.2. The fourth-order valence-corrected chi connectivity index (χ4v) is 6.50. The van der Waals surface area contributed by atoms with Crippen LogP contribution in [0.5, 0.6) is 0 Å². The van der Waals surface area contributed by atoms with Gasteiger partial charge in [0.2, 0.25) is 0 Å². The molecule has 2 N–H and O–H groups in total. The van der Waals surface area contributed by atoms with Crippen LogP contribution in [0.1, 0.15) is 5.56 Å². The number of benzene rings is 2. The van der Waals surface area contributed by atoms with Crippen LogP contribution in [0.4, 0.5) is 8.78 Å². The van der Waals surface area contributed by atoms with Gasteiger partial charge in [0, 0.05) is 29.1 Å². The third kappa shape index (κ3) is 4.20. The number of fused-ring (bicyclic) bond motifs is 2. The van der Waals surface area contributed by atoms with Crippen molar-refractivity contribution in [3.63, 3.8) is 0 Å². The molecule has 0 amide bonds. The molecule has 5 aromatic rings. The third-order valence-corrected chi connectivity index (χ3v) is 8.31. The molecule has 0 spiro atoms. The monoisotopic (exact) mass is 593 g/mol. The second-order valence-electron chi connectivity index (χ2n) is 9.05. The van der Waals surface area contributed by atoms with Gasteiger partial charge < -0.3 is 9.88 Å². The van der Waals surface area contributed by atoms with Crippen molar-refractivity contribution in [3.8, 4) is 22.5 Å². The summed E-state index contributed by atoms with van der Waals surface area (Å²) in [7, 11) is 4.09. The van der Waals surface area contributed by atoms with E-state index in [2.05, 4.69) is 39.2 Å². The zero-order chi connectivity index (χ0) is 24.8. The number of halogens is 3. The average Bonchev–Trinajstić information content (AvgIpc) is 3.48. The maximum atomic E-state index is 15.2. The molecule has 1 aliphatic rings. The number of aromatic nitrogens is 4. The summed E-state index contributed by atoms with van der Waals surface area (Å²) in [5.74, 6) is -0.665. The number of hydrogen-bond acceptors (Lipinski definition) is 3. The Bertz CT molecular complexity index is 1720. The number of allylic oxidation sites excluding steroid dienone is 2. The number of likely N-dealkylation sites (N-methyl/N-ethyl adjacent to an activating group) is 1. The third-order valence-electron chi connectivity index (χ3n) is 6.12. The normalized spacial score (nSPS) is 13.8. The Morgan fingerprint density at radius 3 is 2.72 bits per heavy atom. The lowest BCUT2D eigenvalue weighted by atomic mass is 10.0. The molecule has 0 unspecified atom stereocenters. The van der Waals surface area contributed by atoms with E-state index >= 15 is 4.39 Å². The highest BCUT2D eigenvalue weighted by Gasteiger charge is 2.18. The molecule has 1 aliphatic heterocycles. The molecule has 8 heteroatoms. The molecule has 3 aromatic heterocycles. The van der Waals surface area contributed by atoms with Gasteiger partial charge in [-0.15, -0.1) is 0 Å². The quantitative estimate of drug-likeness (QED) is 0.224. The second-order valence-corrected chi connectivity index (χ2v) is 11.0. The van der Waals surface area contributed by atoms with Crippen LogP contribution >= 0.6 is 20.7 Å². The van der Waals surface area contributed by atoms with E-state index in [1.54, 1.807) is 24.5 Å². The summed E-state index contributed by atoms with van der Waals surface area (Å²) >= 11 is -0.229. The molecule has 0 fully saturated rings. The highest BCUT2D eigenvalue weighted by Crippen LogP contribution is 2.36. The minimum absolute atomic E-state index is 0.229. The van der Waals surface area contributed by atoms with E-state index in [0.29, 0.717) is 16.6 Å². The number of nitrogens with zero attached hydrogens (tertiary/aromatic N) is 3. The first-order valence-electron chi connectivity index (χ1n) is 11.4. The molecule has 36 heavy (non-hydrogen) atoms. The Morgan fingerprint density at radius 1 is 1.00 bits per heavy atom. The van der Waals surface area contributed by atoms with E-state index in [0.717, 1.165) is 45.4 Å². The second kappa shape index (κ2) is 9.18. The molecule has 0 saturated heterocycles. The SMILES string of the molecule is CN(C)CC1=CC(c2cc(F)c3n[nH]c(-c4cc5c(-c6cccc(F)c6)cncc5[nH]4)c3c2)=CI=C1. The molecule has 0 atom stereocenters. The molecule has 6 rings (SSSR count). The topological polar surface area (TPSA) is 60.6 Å². The van der Waals surface area contributed by atoms with Crippen LogP contribution in [-0.4, -0.2) is 49.7 Å². The van der Waals surface area contributed by atoms with Gasteiger partial charge in [-0.1, -0.05) is 32.9 Å². The van der Waals surface area contributed by atoms with Crippen molar-refractivity contribution in [2.24, 2.45) is 0 Å². The van der Waals surface area contributed by atoms with E-state index in [-0.39, 0.29) is 32.4 Å². The van der Waals surface area contributed by atoms with Crippen molar-refractivity contribution in [3.05, 3.63) is 87.8 Å². The van der Waals surface area contributed by atoms with Gasteiger partial charge in [0.1, 0.15) is 11.3 Å². The number of nitrogens with one attached hydrogen (secondary N) is 2. The minimum atomic E-state index is -0.362. The fraction of sp³-hybridized carbons (Fsp3) is 0.107. The highest BCUT2D eigenvalue weighted by molar-refractivity contribution is 14.2. The van der Waals surface area contributed by atoms with E-state index in [1.165, 1.54) is 17.7 Å². The van der Waals surface area contributed by atoms with Crippen LogP contribution in [0.25, 0.3) is 49.9 Å². The Kier molecular flexibility index (Phi) is 5.85. The van der Waals surface area contributed by atoms with Crippen LogP contribution in [-0.2, 0) is 0 Å². The number of hydrogen-bond donors (Lipinski definition) is 2. The van der Waals surface area contributed by atoms with E-state index in [4.69, 9.17) is 0 Å². The van der Waals surface area contributed by atoms with Gasteiger partial charge in [-0.2, -0.15) is 5.10 Å². The fourth-order valence-electron chi connectivity index (χ4n) is 4.55. The number of rotatable bonds is 5. The zero-order valence-corrected chi connectivity index (χ0v) is 21.8. The molecule has 0 radical (unpaired) electrons. The van der Waals surface area contributed by atoms with E-state index < -0.39 is 0 Å². The Balaban J connectivity index is 1.47. The Morgan fingerprint density at radius 2 is 1.89 bits per heavy atom. The van der Waals surface area contributed by atoms with Crippen LogP contribution in [0.15, 0.2) is 70.6 Å². The Labute approximate surface area is 216 Å². The van der Waals surface area contributed by atoms with Crippen molar-refractivity contribution >= 4 is 52.1 Å². The van der Waals surface area contributed by atoms with Crippen molar-refractivity contribution in [2.45, 2.75) is 0 Å². The van der Waals surface area contributed by atoms with Crippen LogP contribution < -0.4 is 0 Å². The largest absolute Gasteiger partial charge is 0.352 e. The van der Waals surface area contributed by atoms with Gasteiger partial charge in [-0.05, 0) is 80.9 Å². The summed E-state index contributed by atoms with van der Waals surface area (Å²) < 4.78 is 33.6. The number of H-pyrrole nitrogens is 2. The molecule has 2 aromatic carbocycles. The van der Waals surface area contributed by atoms with Gasteiger partial charge in [-0.3, -0.25) is 10.1 Å². The van der Waals surface area contributed by atoms with Gasteiger partial charge >= 0.3 is 0 Å². The standard InChI is InChI=1S/C28H22F2IN5/c1-36(2)15-16-6-19(12-31-11-16)18-8-22-27(24(30)9-18)34-35-28(22)25-10-21-23(13-32-14-26(21)33-25)17-4-3-5-20(29)7-17/h3-14,33H,15H2,1-2H3,(H,34,35). The minimum Gasteiger partial charge on any atom is -0.352 e. The summed E-state index contributed by atoms with van der Waals surface area (Å²) in [6.07, 6.45) is 5.60. The first-order valence-corrected chi connectivity index (χ1v) is 13.9. The zero-order valence-electron chi connectivity index (χ0n) is 19.6. The summed E-state index contributed by atoms with van der Waals surface area (Å²) in [6.45, 7) is 0.857. The first kappa shape index (κ1) is 22.9. The molecule has 4 heterocycles. The average molecular weight is 593 g/mol. The van der Waals surface area contributed by atoms with Crippen molar-refractivity contribution in [1.82, 2.24) is 25.1 Å². The van der Waals surface area contributed by atoms with Crippen LogP contribution in [0.3, 0.4) is 0 Å². The predicted octanol–water partition coefficient (Wildman–Crippen LogP) is 6.67. The van der Waals surface area contributed by atoms with Gasteiger partial charge in [0.15, 0.2) is 5.82 Å².